The van der Waals surface area contributed by atoms with E-state index in [1.54, 1.807) is 6.07 Å². The van der Waals surface area contributed by atoms with Crippen molar-refractivity contribution in [2.75, 3.05) is 0 Å². The lowest BCUT2D eigenvalue weighted by atomic mass is 10.00. The van der Waals surface area contributed by atoms with Crippen LogP contribution in [0.4, 0.5) is 8.78 Å². The Hall–Kier alpha value is -1.51. The first-order valence-electron chi connectivity index (χ1n) is 6.92. The van der Waals surface area contributed by atoms with Crippen molar-refractivity contribution in [1.82, 2.24) is 10.4 Å². The number of benzene rings is 1. The summed E-state index contributed by atoms with van der Waals surface area (Å²) in [5.74, 6) is -1.35. The van der Waals surface area contributed by atoms with Crippen LogP contribution >= 0.6 is 0 Å². The Labute approximate surface area is 118 Å². The maximum absolute atomic E-state index is 13.8. The minimum absolute atomic E-state index is 0.00320. The first kappa shape index (κ1) is 14.9. The van der Waals surface area contributed by atoms with Crippen LogP contribution in [0.1, 0.15) is 44.2 Å². The Morgan fingerprint density at radius 1 is 1.25 bits per heavy atom. The van der Waals surface area contributed by atoms with E-state index in [0.717, 1.165) is 25.0 Å². The molecule has 20 heavy (non-hydrogen) atoms. The summed E-state index contributed by atoms with van der Waals surface area (Å²) in [6.45, 7) is 4.31. The molecule has 1 aliphatic rings. The molecule has 3 nitrogen and oxygen atoms in total. The van der Waals surface area contributed by atoms with Gasteiger partial charge in [-0.05, 0) is 38.8 Å². The van der Waals surface area contributed by atoms with Crippen LogP contribution in [0.3, 0.4) is 0 Å². The van der Waals surface area contributed by atoms with Gasteiger partial charge in [-0.3, -0.25) is 5.43 Å². The molecule has 2 unspecified atom stereocenters. The third-order valence-corrected chi connectivity index (χ3v) is 3.90. The van der Waals surface area contributed by atoms with Crippen LogP contribution in [-0.4, -0.2) is 17.1 Å². The van der Waals surface area contributed by atoms with E-state index in [9.17, 15) is 8.78 Å². The van der Waals surface area contributed by atoms with Crippen molar-refractivity contribution in [2.45, 2.75) is 51.7 Å². The Bertz CT molecular complexity index is 491. The van der Waals surface area contributed by atoms with Gasteiger partial charge in [-0.2, -0.15) is 5.26 Å². The second-order valence-electron chi connectivity index (χ2n) is 5.40. The molecule has 108 valence electrons. The zero-order chi connectivity index (χ0) is 14.7. The van der Waals surface area contributed by atoms with Crippen molar-refractivity contribution < 1.29 is 8.78 Å². The number of hydrogen-bond donors (Lipinski definition) is 1. The van der Waals surface area contributed by atoms with Gasteiger partial charge >= 0.3 is 0 Å². The summed E-state index contributed by atoms with van der Waals surface area (Å²) < 4.78 is 27.6. The number of nitriles is 1. The number of rotatable bonds is 3. The molecule has 1 saturated heterocycles. The summed E-state index contributed by atoms with van der Waals surface area (Å²) >= 11 is 0. The summed E-state index contributed by atoms with van der Waals surface area (Å²) in [6, 6.07) is 4.59. The molecule has 0 saturated carbocycles. The standard InChI is InChI=1S/C15H19F2N3/c1-10-4-3-5-11(2)20(10)19-9-13-14(16)6-12(8-18)7-15(13)17/h6-7,10-11,19H,3-5,9H2,1-2H3. The molecule has 2 rings (SSSR count). The van der Waals surface area contributed by atoms with E-state index in [1.165, 1.54) is 6.42 Å². The molecule has 0 amide bonds. The number of hydrazine groups is 1. The summed E-state index contributed by atoms with van der Waals surface area (Å²) in [6.07, 6.45) is 3.34. The van der Waals surface area contributed by atoms with Crippen molar-refractivity contribution in [2.24, 2.45) is 0 Å². The second kappa shape index (κ2) is 6.29. The Balaban J connectivity index is 2.09. The fourth-order valence-electron chi connectivity index (χ4n) is 2.74. The highest BCUT2D eigenvalue weighted by Gasteiger charge is 2.24. The average Bonchev–Trinajstić information content (AvgIpc) is 2.40. The molecular weight excluding hydrogens is 260 g/mol. The zero-order valence-corrected chi connectivity index (χ0v) is 11.8. The molecule has 0 bridgehead atoms. The van der Waals surface area contributed by atoms with E-state index >= 15 is 0 Å². The molecule has 0 spiro atoms. The summed E-state index contributed by atoms with van der Waals surface area (Å²) in [7, 11) is 0. The van der Waals surface area contributed by atoms with Gasteiger partial charge < -0.3 is 0 Å². The minimum Gasteiger partial charge on any atom is -0.250 e. The molecule has 5 heteroatoms. The fraction of sp³-hybridized carbons (Fsp3) is 0.533. The maximum Gasteiger partial charge on any atom is 0.131 e. The van der Waals surface area contributed by atoms with Crippen LogP contribution in [0.2, 0.25) is 0 Å². The van der Waals surface area contributed by atoms with Gasteiger partial charge in [0.2, 0.25) is 0 Å². The van der Waals surface area contributed by atoms with E-state index < -0.39 is 11.6 Å². The van der Waals surface area contributed by atoms with Crippen LogP contribution in [0.25, 0.3) is 0 Å². The lowest BCUT2D eigenvalue weighted by Crippen LogP contribution is -2.51. The largest absolute Gasteiger partial charge is 0.250 e. The number of nitrogens with zero attached hydrogens (tertiary/aromatic N) is 2. The van der Waals surface area contributed by atoms with Gasteiger partial charge in [0.05, 0.1) is 11.6 Å². The monoisotopic (exact) mass is 279 g/mol. The molecular formula is C15H19F2N3. The van der Waals surface area contributed by atoms with Crippen molar-refractivity contribution in [1.29, 1.82) is 5.26 Å². The molecule has 1 N–H and O–H groups in total. The van der Waals surface area contributed by atoms with Crippen molar-refractivity contribution in [3.05, 3.63) is 34.9 Å². The summed E-state index contributed by atoms with van der Waals surface area (Å²) in [4.78, 5) is 0. The van der Waals surface area contributed by atoms with Gasteiger partial charge in [-0.1, -0.05) is 6.42 Å². The van der Waals surface area contributed by atoms with Gasteiger partial charge in [0.15, 0.2) is 0 Å². The van der Waals surface area contributed by atoms with Crippen molar-refractivity contribution in [3.8, 4) is 6.07 Å². The highest BCUT2D eigenvalue weighted by atomic mass is 19.1. The summed E-state index contributed by atoms with van der Waals surface area (Å²) in [5, 5.41) is 10.7. The molecule has 2 atom stereocenters. The van der Waals surface area contributed by atoms with E-state index in [4.69, 9.17) is 5.26 Å². The van der Waals surface area contributed by atoms with E-state index in [1.807, 2.05) is 0 Å². The van der Waals surface area contributed by atoms with E-state index in [2.05, 4.69) is 24.3 Å². The van der Waals surface area contributed by atoms with Crippen LogP contribution in [0.15, 0.2) is 12.1 Å². The topological polar surface area (TPSA) is 39.1 Å². The number of nitrogens with one attached hydrogen (secondary N) is 1. The second-order valence-corrected chi connectivity index (χ2v) is 5.40. The average molecular weight is 279 g/mol. The van der Waals surface area contributed by atoms with Gasteiger partial charge in [-0.25, -0.2) is 13.8 Å². The van der Waals surface area contributed by atoms with Crippen LogP contribution in [0, 0.1) is 23.0 Å². The van der Waals surface area contributed by atoms with Gasteiger partial charge in [-0.15, -0.1) is 0 Å². The van der Waals surface area contributed by atoms with Gasteiger partial charge in [0.25, 0.3) is 0 Å². The highest BCUT2D eigenvalue weighted by molar-refractivity contribution is 5.34. The lowest BCUT2D eigenvalue weighted by molar-refractivity contribution is 0.0427. The highest BCUT2D eigenvalue weighted by Crippen LogP contribution is 2.21. The quantitative estimate of drug-likeness (QED) is 0.924. The van der Waals surface area contributed by atoms with Crippen LogP contribution < -0.4 is 5.43 Å². The third kappa shape index (κ3) is 3.14. The molecule has 1 aromatic carbocycles. The number of piperidine rings is 1. The first-order chi connectivity index (χ1) is 9.52. The Kier molecular flexibility index (Phi) is 4.69. The summed E-state index contributed by atoms with van der Waals surface area (Å²) in [5.41, 5.74) is 3.11. The van der Waals surface area contributed by atoms with Crippen molar-refractivity contribution in [3.63, 3.8) is 0 Å². The Morgan fingerprint density at radius 2 is 1.80 bits per heavy atom. The maximum atomic E-state index is 13.8. The first-order valence-corrected chi connectivity index (χ1v) is 6.92. The molecule has 0 radical (unpaired) electrons. The number of halogens is 2. The van der Waals surface area contributed by atoms with E-state index in [-0.39, 0.29) is 17.7 Å². The molecule has 1 aromatic rings. The van der Waals surface area contributed by atoms with E-state index in [0.29, 0.717) is 12.1 Å². The minimum atomic E-state index is -0.675. The lowest BCUT2D eigenvalue weighted by Gasteiger charge is -2.39. The van der Waals surface area contributed by atoms with Crippen LogP contribution in [0.5, 0.6) is 0 Å². The molecule has 1 aliphatic heterocycles. The van der Waals surface area contributed by atoms with Gasteiger partial charge in [0.1, 0.15) is 11.6 Å². The smallest absolute Gasteiger partial charge is 0.131 e. The molecule has 0 aliphatic carbocycles. The normalized spacial score (nSPS) is 23.6. The molecule has 1 heterocycles. The Morgan fingerprint density at radius 3 is 2.30 bits per heavy atom. The predicted molar refractivity (Wildman–Crippen MR) is 72.5 cm³/mol. The third-order valence-electron chi connectivity index (χ3n) is 3.90. The van der Waals surface area contributed by atoms with Gasteiger partial charge in [0, 0.05) is 24.2 Å². The fourth-order valence-corrected chi connectivity index (χ4v) is 2.74. The predicted octanol–water partition coefficient (Wildman–Crippen LogP) is 3.10. The molecule has 1 fully saturated rings. The van der Waals surface area contributed by atoms with Crippen molar-refractivity contribution >= 4 is 0 Å². The zero-order valence-electron chi connectivity index (χ0n) is 11.8. The SMILES string of the molecule is CC1CCCC(C)N1NCc1c(F)cc(C#N)cc1F. The number of hydrogen-bond acceptors (Lipinski definition) is 3. The molecule has 0 aromatic heterocycles. The van der Waals surface area contributed by atoms with Crippen LogP contribution in [-0.2, 0) is 6.54 Å².